The molecule has 1 aromatic heterocycles. The largest absolute Gasteiger partial charge is 0.461 e. The Balaban J connectivity index is 1.21. The first-order valence-corrected chi connectivity index (χ1v) is 17.0. The number of fused-ring (bicyclic) bond motifs is 4. The number of aryl methyl sites for hydroxylation is 1. The topological polar surface area (TPSA) is 109 Å². The molecule has 1 unspecified atom stereocenters. The zero-order valence-corrected chi connectivity index (χ0v) is 27.7. The van der Waals surface area contributed by atoms with Gasteiger partial charge in [-0.25, -0.2) is 9.18 Å². The van der Waals surface area contributed by atoms with E-state index >= 15 is 0 Å². The van der Waals surface area contributed by atoms with Crippen molar-refractivity contribution in [3.8, 4) is 6.01 Å². The summed E-state index contributed by atoms with van der Waals surface area (Å²) in [5.41, 5.74) is 2.38. The molecule has 7 rings (SSSR count). The summed E-state index contributed by atoms with van der Waals surface area (Å²) in [5, 5.41) is 13.9. The molecule has 1 spiro atoms. The van der Waals surface area contributed by atoms with Crippen LogP contribution in [0.4, 0.5) is 20.7 Å². The van der Waals surface area contributed by atoms with E-state index in [-0.39, 0.29) is 5.54 Å². The van der Waals surface area contributed by atoms with Crippen molar-refractivity contribution in [1.82, 2.24) is 14.9 Å². The highest BCUT2D eigenvalue weighted by Crippen LogP contribution is 2.47. The zero-order chi connectivity index (χ0) is 32.3. The third-order valence-electron chi connectivity index (χ3n) is 10.5. The van der Waals surface area contributed by atoms with Crippen LogP contribution in [0.3, 0.4) is 0 Å². The van der Waals surface area contributed by atoms with Crippen LogP contribution in [0.2, 0.25) is 0 Å². The molecular weight excluding hydrogens is 589 g/mol. The summed E-state index contributed by atoms with van der Waals surface area (Å²) in [5.74, 6) is 0.752. The number of ether oxygens (including phenoxy) is 3. The van der Waals surface area contributed by atoms with E-state index in [9.17, 15) is 14.3 Å². The number of rotatable bonds is 5. The summed E-state index contributed by atoms with van der Waals surface area (Å²) < 4.78 is 33.3. The number of β-amino-alcohol motifs (C(OH)–C–C–N with tert-alkyl or cyclic N) is 1. The number of nitrogens with zero attached hydrogens (tertiary/aromatic N) is 4. The summed E-state index contributed by atoms with van der Waals surface area (Å²) in [4.78, 5) is 27.0. The molecule has 10 nitrogen and oxygen atoms in total. The Morgan fingerprint density at radius 3 is 2.80 bits per heavy atom. The lowest BCUT2D eigenvalue weighted by atomic mass is 9.74. The van der Waals surface area contributed by atoms with Gasteiger partial charge >= 0.3 is 12.1 Å². The number of nitrogens with one attached hydrogen (secondary N) is 1. The first-order chi connectivity index (χ1) is 21.8. The van der Waals surface area contributed by atoms with Crippen LogP contribution in [-0.4, -0.2) is 81.8 Å². The summed E-state index contributed by atoms with van der Waals surface area (Å²) in [6.45, 7) is 10.7. The van der Waals surface area contributed by atoms with Crippen molar-refractivity contribution in [2.45, 2.75) is 121 Å². The minimum absolute atomic E-state index is 0.302. The van der Waals surface area contributed by atoms with Crippen LogP contribution in [0.5, 0.6) is 6.01 Å². The molecule has 5 heterocycles. The van der Waals surface area contributed by atoms with Crippen LogP contribution in [0.15, 0.2) is 18.2 Å². The molecule has 46 heavy (non-hydrogen) atoms. The van der Waals surface area contributed by atoms with Crippen molar-refractivity contribution < 1.29 is 28.5 Å². The minimum Gasteiger partial charge on any atom is -0.461 e. The highest BCUT2D eigenvalue weighted by Gasteiger charge is 2.50. The van der Waals surface area contributed by atoms with E-state index < -0.39 is 29.1 Å². The van der Waals surface area contributed by atoms with Crippen molar-refractivity contribution in [3.05, 3.63) is 40.6 Å². The minimum atomic E-state index is -0.836. The predicted molar refractivity (Wildman–Crippen MR) is 172 cm³/mol. The Morgan fingerprint density at radius 1 is 1.17 bits per heavy atom. The van der Waals surface area contributed by atoms with Gasteiger partial charge in [0.2, 0.25) is 0 Å². The molecule has 2 N–H and O–H groups in total. The number of piperidine rings is 1. The summed E-state index contributed by atoms with van der Waals surface area (Å²) in [7, 11) is 0. The normalized spacial score (nSPS) is 30.9. The number of carbonyl (C=O) groups is 1. The number of hydrogen-bond acceptors (Lipinski definition) is 9. The third kappa shape index (κ3) is 6.18. The number of alkyl halides is 1. The van der Waals surface area contributed by atoms with Crippen LogP contribution in [0.1, 0.15) is 95.0 Å². The third-order valence-corrected chi connectivity index (χ3v) is 10.5. The van der Waals surface area contributed by atoms with E-state index in [2.05, 4.69) is 21.2 Å². The Bertz CT molecular complexity index is 1500. The zero-order valence-electron chi connectivity index (χ0n) is 27.7. The van der Waals surface area contributed by atoms with E-state index in [0.29, 0.717) is 50.8 Å². The van der Waals surface area contributed by atoms with E-state index in [1.165, 1.54) is 5.56 Å². The Labute approximate surface area is 271 Å². The SMILES string of the molecule is CC(C)(C)OC(=O)Nc1ccc2c(c1)C1(CCC2)Cc2nc(OC[C@@]34CCCN3C[C@H](F)C4)nc(N3CCC[C@@](C)(O)C3)c2CO1. The maximum atomic E-state index is 14.5. The molecule has 0 radical (unpaired) electrons. The van der Waals surface area contributed by atoms with Gasteiger partial charge in [-0.15, -0.1) is 0 Å². The van der Waals surface area contributed by atoms with E-state index in [4.69, 9.17) is 24.2 Å². The number of benzene rings is 1. The van der Waals surface area contributed by atoms with Crippen molar-refractivity contribution in [3.63, 3.8) is 0 Å². The van der Waals surface area contributed by atoms with Gasteiger partial charge in [-0.05, 0) is 102 Å². The Hall–Kier alpha value is -3.02. The number of aromatic nitrogens is 2. The van der Waals surface area contributed by atoms with Gasteiger partial charge in [0.05, 0.1) is 29.0 Å². The molecule has 0 saturated carbocycles. The first kappa shape index (κ1) is 31.6. The lowest BCUT2D eigenvalue weighted by Crippen LogP contribution is -2.47. The number of halogens is 1. The summed E-state index contributed by atoms with van der Waals surface area (Å²) >= 11 is 0. The van der Waals surface area contributed by atoms with Crippen molar-refractivity contribution in [1.29, 1.82) is 0 Å². The molecule has 3 fully saturated rings. The van der Waals surface area contributed by atoms with Gasteiger partial charge in [-0.3, -0.25) is 10.2 Å². The summed E-state index contributed by atoms with van der Waals surface area (Å²) in [6, 6.07) is 6.32. The molecule has 0 bridgehead atoms. The lowest BCUT2D eigenvalue weighted by molar-refractivity contribution is -0.0856. The monoisotopic (exact) mass is 637 g/mol. The van der Waals surface area contributed by atoms with Crippen LogP contribution in [-0.2, 0) is 34.5 Å². The smallest absolute Gasteiger partial charge is 0.412 e. The molecule has 1 aromatic carbocycles. The number of hydrogen-bond donors (Lipinski definition) is 2. The summed E-state index contributed by atoms with van der Waals surface area (Å²) in [6.07, 6.45) is 5.94. The van der Waals surface area contributed by atoms with Crippen molar-refractivity contribution in [2.75, 3.05) is 43.0 Å². The Morgan fingerprint density at radius 2 is 2.00 bits per heavy atom. The fraction of sp³-hybridized carbons (Fsp3) is 0.686. The van der Waals surface area contributed by atoms with Crippen LogP contribution >= 0.6 is 0 Å². The highest BCUT2D eigenvalue weighted by molar-refractivity contribution is 5.85. The van der Waals surface area contributed by atoms with Gasteiger partial charge in [0.15, 0.2) is 0 Å². The molecule has 250 valence electrons. The number of aliphatic hydroxyl groups is 1. The number of amides is 1. The second kappa shape index (κ2) is 11.6. The Kier molecular flexibility index (Phi) is 7.96. The van der Waals surface area contributed by atoms with E-state index in [1.807, 2.05) is 39.8 Å². The molecular formula is C35H48FN5O5. The van der Waals surface area contributed by atoms with E-state index in [0.717, 1.165) is 80.7 Å². The van der Waals surface area contributed by atoms with Gasteiger partial charge in [-0.2, -0.15) is 9.97 Å². The molecule has 4 aliphatic heterocycles. The number of anilines is 2. The first-order valence-electron chi connectivity index (χ1n) is 17.0. The lowest BCUT2D eigenvalue weighted by Gasteiger charge is -2.44. The van der Waals surface area contributed by atoms with Gasteiger partial charge in [-0.1, -0.05) is 6.07 Å². The van der Waals surface area contributed by atoms with Crippen LogP contribution in [0.25, 0.3) is 0 Å². The van der Waals surface area contributed by atoms with Gasteiger partial charge in [0, 0.05) is 43.7 Å². The maximum absolute atomic E-state index is 14.5. The molecule has 3 saturated heterocycles. The second-order valence-corrected chi connectivity index (χ2v) is 15.5. The van der Waals surface area contributed by atoms with Crippen molar-refractivity contribution in [2.24, 2.45) is 0 Å². The van der Waals surface area contributed by atoms with Gasteiger partial charge in [0.25, 0.3) is 0 Å². The molecule has 1 amide bonds. The molecule has 1 aliphatic carbocycles. The molecule has 5 aliphatic rings. The fourth-order valence-corrected chi connectivity index (χ4v) is 8.45. The average Bonchev–Trinajstić information content (AvgIpc) is 3.50. The van der Waals surface area contributed by atoms with Gasteiger partial charge < -0.3 is 24.2 Å². The second-order valence-electron chi connectivity index (χ2n) is 15.5. The highest BCUT2D eigenvalue weighted by atomic mass is 19.1. The maximum Gasteiger partial charge on any atom is 0.412 e. The van der Waals surface area contributed by atoms with Crippen LogP contribution in [0, 0.1) is 0 Å². The average molecular weight is 638 g/mol. The molecule has 2 aromatic rings. The van der Waals surface area contributed by atoms with E-state index in [1.54, 1.807) is 0 Å². The molecule has 4 atom stereocenters. The number of carbonyl (C=O) groups excluding carboxylic acids is 1. The molecule has 11 heteroatoms. The quantitative estimate of drug-likeness (QED) is 0.443. The fourth-order valence-electron chi connectivity index (χ4n) is 8.45. The van der Waals surface area contributed by atoms with Gasteiger partial charge in [0.1, 0.15) is 24.2 Å². The van der Waals surface area contributed by atoms with Crippen LogP contribution < -0.4 is 15.0 Å². The van der Waals surface area contributed by atoms with Crippen molar-refractivity contribution >= 4 is 17.6 Å². The standard InChI is InChI=1S/C35H48FN5O5/c1-32(2,3)46-31(42)37-25-10-9-23-8-5-13-35(27(23)16-25)18-28-26(20-45-35)29(40-14-6-11-33(4,43)21-40)39-30(38-28)44-22-34-12-7-15-41(34)19-24(36)17-34/h9-10,16,24,43H,5-8,11-15,17-22H2,1-4H3,(H,37,42)/t24-,33-,34+,35?/m1/s1. The predicted octanol–water partition coefficient (Wildman–Crippen LogP) is 5.43.